The van der Waals surface area contributed by atoms with Gasteiger partial charge in [0.1, 0.15) is 0 Å². The molecule has 1 N–H and O–H groups in total. The highest BCUT2D eigenvalue weighted by Crippen LogP contribution is 2.69. The zero-order valence-electron chi connectivity index (χ0n) is 11.2. The molecule has 2 fully saturated rings. The van der Waals surface area contributed by atoms with Crippen molar-refractivity contribution >= 4 is 5.78 Å². The van der Waals surface area contributed by atoms with E-state index in [1.807, 2.05) is 6.92 Å². The molecule has 3 aliphatic carbocycles. The number of aliphatic hydroxyl groups is 1. The van der Waals surface area contributed by atoms with Crippen LogP contribution in [0, 0.1) is 23.2 Å². The summed E-state index contributed by atoms with van der Waals surface area (Å²) >= 11 is 0. The predicted molar refractivity (Wildman–Crippen MR) is 66.4 cm³/mol. The van der Waals surface area contributed by atoms with Gasteiger partial charge in [0.15, 0.2) is 5.78 Å². The van der Waals surface area contributed by atoms with Crippen LogP contribution in [0.15, 0.2) is 11.1 Å². The summed E-state index contributed by atoms with van der Waals surface area (Å²) < 4.78 is 0. The number of Topliss-reactive ketones (excluding diaryl/α,β-unsaturated/α-hetero) is 1. The first-order chi connectivity index (χ1) is 7.80. The Bertz CT molecular complexity index is 432. The Labute approximate surface area is 103 Å². The second-order valence-electron chi connectivity index (χ2n) is 6.95. The Morgan fingerprint density at radius 3 is 2.59 bits per heavy atom. The maximum absolute atomic E-state index is 12.0. The lowest BCUT2D eigenvalue weighted by Crippen LogP contribution is -2.37. The molecule has 0 aromatic heterocycles. The Hall–Kier alpha value is -0.630. The van der Waals surface area contributed by atoms with E-state index in [1.165, 1.54) is 6.42 Å². The van der Waals surface area contributed by atoms with Gasteiger partial charge in [-0.2, -0.15) is 0 Å². The minimum absolute atomic E-state index is 0.165. The Morgan fingerprint density at radius 2 is 1.94 bits per heavy atom. The second kappa shape index (κ2) is 3.03. The number of carbonyl (C=O) groups excluding carboxylic acids is 1. The first kappa shape index (κ1) is 11.5. The molecule has 0 aliphatic heterocycles. The minimum Gasteiger partial charge on any atom is -0.385 e. The van der Waals surface area contributed by atoms with Gasteiger partial charge in [0, 0.05) is 6.42 Å². The third-order valence-corrected chi connectivity index (χ3v) is 5.81. The fourth-order valence-electron chi connectivity index (χ4n) is 4.41. The molecule has 3 rings (SSSR count). The smallest absolute Gasteiger partial charge is 0.161 e. The maximum Gasteiger partial charge on any atom is 0.161 e. The lowest BCUT2D eigenvalue weighted by atomic mass is 9.78. The van der Waals surface area contributed by atoms with E-state index in [4.69, 9.17) is 0 Å². The van der Waals surface area contributed by atoms with Gasteiger partial charge in [-0.1, -0.05) is 20.8 Å². The molecule has 2 saturated carbocycles. The number of rotatable bonds is 0. The lowest BCUT2D eigenvalue weighted by Gasteiger charge is -2.32. The van der Waals surface area contributed by atoms with Crippen LogP contribution >= 0.6 is 0 Å². The molecule has 0 aromatic rings. The van der Waals surface area contributed by atoms with Gasteiger partial charge in [-0.25, -0.2) is 0 Å². The monoisotopic (exact) mass is 234 g/mol. The molecule has 94 valence electrons. The molecule has 0 amide bonds. The van der Waals surface area contributed by atoms with E-state index in [-0.39, 0.29) is 17.1 Å². The van der Waals surface area contributed by atoms with Crippen molar-refractivity contribution in [2.24, 2.45) is 23.2 Å². The molecule has 17 heavy (non-hydrogen) atoms. The van der Waals surface area contributed by atoms with E-state index in [1.54, 1.807) is 0 Å². The molecule has 0 radical (unpaired) electrons. The third kappa shape index (κ3) is 1.22. The standard InChI is InChI=1S/C15H22O2/c1-8-5-6-10-13(14(10,3)4)12-9(2)11(16)7-15(8,12)17/h8,10,13,17H,5-7H2,1-4H3/t8-,10?,13?,15+/m0/s1. The van der Waals surface area contributed by atoms with Crippen molar-refractivity contribution in [3.8, 4) is 0 Å². The van der Waals surface area contributed by atoms with Crippen molar-refractivity contribution in [3.05, 3.63) is 11.1 Å². The summed E-state index contributed by atoms with van der Waals surface area (Å²) in [5, 5.41) is 11.0. The fraction of sp³-hybridized carbons (Fsp3) is 0.800. The fourth-order valence-corrected chi connectivity index (χ4v) is 4.41. The lowest BCUT2D eigenvalue weighted by molar-refractivity contribution is -0.118. The van der Waals surface area contributed by atoms with Crippen LogP contribution < -0.4 is 0 Å². The molecular weight excluding hydrogens is 212 g/mol. The molecule has 0 aromatic carbocycles. The van der Waals surface area contributed by atoms with Crippen molar-refractivity contribution < 1.29 is 9.90 Å². The summed E-state index contributed by atoms with van der Waals surface area (Å²) in [4.78, 5) is 12.0. The largest absolute Gasteiger partial charge is 0.385 e. The number of hydrogen-bond acceptors (Lipinski definition) is 2. The van der Waals surface area contributed by atoms with E-state index >= 15 is 0 Å². The average molecular weight is 234 g/mol. The molecule has 0 saturated heterocycles. The van der Waals surface area contributed by atoms with Crippen LogP contribution in [-0.4, -0.2) is 16.5 Å². The maximum atomic E-state index is 12.0. The van der Waals surface area contributed by atoms with Gasteiger partial charge in [0.2, 0.25) is 0 Å². The summed E-state index contributed by atoms with van der Waals surface area (Å²) in [6, 6.07) is 0. The topological polar surface area (TPSA) is 37.3 Å². The van der Waals surface area contributed by atoms with Gasteiger partial charge in [0.05, 0.1) is 5.60 Å². The zero-order chi connectivity index (χ0) is 12.6. The highest BCUT2D eigenvalue weighted by Gasteiger charge is 2.66. The number of fused-ring (bicyclic) bond motifs is 3. The molecule has 0 spiro atoms. The van der Waals surface area contributed by atoms with Crippen molar-refractivity contribution in [2.45, 2.75) is 52.6 Å². The number of ketones is 1. The second-order valence-corrected chi connectivity index (χ2v) is 6.95. The number of allylic oxidation sites excluding steroid dienone is 1. The zero-order valence-corrected chi connectivity index (χ0v) is 11.2. The summed E-state index contributed by atoms with van der Waals surface area (Å²) in [7, 11) is 0. The molecule has 2 heteroatoms. The quantitative estimate of drug-likeness (QED) is 0.699. The van der Waals surface area contributed by atoms with Crippen LogP contribution in [0.5, 0.6) is 0 Å². The van der Waals surface area contributed by atoms with Gasteiger partial charge < -0.3 is 5.11 Å². The molecule has 2 unspecified atom stereocenters. The summed E-state index contributed by atoms with van der Waals surface area (Å²) in [5.74, 6) is 1.51. The highest BCUT2D eigenvalue weighted by molar-refractivity contribution is 6.00. The van der Waals surface area contributed by atoms with Crippen LogP contribution in [0.1, 0.15) is 47.0 Å². The Balaban J connectivity index is 2.13. The molecule has 0 bridgehead atoms. The number of hydrogen-bond donors (Lipinski definition) is 1. The molecule has 3 aliphatic rings. The van der Waals surface area contributed by atoms with Crippen molar-refractivity contribution in [2.75, 3.05) is 0 Å². The minimum atomic E-state index is -0.825. The number of carbonyl (C=O) groups is 1. The molecule has 0 heterocycles. The van der Waals surface area contributed by atoms with Gasteiger partial charge in [-0.15, -0.1) is 0 Å². The first-order valence-corrected chi connectivity index (χ1v) is 6.77. The molecular formula is C15H22O2. The van der Waals surface area contributed by atoms with Gasteiger partial charge in [-0.05, 0) is 54.1 Å². The van der Waals surface area contributed by atoms with Crippen LogP contribution in [0.25, 0.3) is 0 Å². The average Bonchev–Trinajstić information content (AvgIpc) is 2.71. The Kier molecular flexibility index (Phi) is 2.04. The van der Waals surface area contributed by atoms with E-state index in [9.17, 15) is 9.90 Å². The first-order valence-electron chi connectivity index (χ1n) is 6.77. The SMILES string of the molecule is CC1=C2C3C(CC[C@H](C)[C@]2(O)CC1=O)C3(C)C. The molecule has 2 nitrogen and oxygen atoms in total. The third-order valence-electron chi connectivity index (χ3n) is 5.81. The van der Waals surface area contributed by atoms with Gasteiger partial charge in [0.25, 0.3) is 0 Å². The van der Waals surface area contributed by atoms with Crippen molar-refractivity contribution in [1.82, 2.24) is 0 Å². The molecule has 4 atom stereocenters. The Morgan fingerprint density at radius 1 is 1.29 bits per heavy atom. The van der Waals surface area contributed by atoms with E-state index in [0.717, 1.165) is 17.6 Å². The van der Waals surface area contributed by atoms with Crippen molar-refractivity contribution in [3.63, 3.8) is 0 Å². The van der Waals surface area contributed by atoms with E-state index in [2.05, 4.69) is 20.8 Å². The summed E-state index contributed by atoms with van der Waals surface area (Å²) in [5.41, 5.74) is 1.42. The van der Waals surface area contributed by atoms with Crippen LogP contribution in [0.3, 0.4) is 0 Å². The predicted octanol–water partition coefficient (Wildman–Crippen LogP) is 2.71. The van der Waals surface area contributed by atoms with E-state index < -0.39 is 5.60 Å². The normalized spacial score (nSPS) is 47.6. The highest BCUT2D eigenvalue weighted by atomic mass is 16.3. The van der Waals surface area contributed by atoms with Crippen LogP contribution in [0.4, 0.5) is 0 Å². The van der Waals surface area contributed by atoms with Gasteiger partial charge >= 0.3 is 0 Å². The van der Waals surface area contributed by atoms with Gasteiger partial charge in [-0.3, -0.25) is 4.79 Å². The summed E-state index contributed by atoms with van der Waals surface area (Å²) in [6.45, 7) is 8.58. The summed E-state index contributed by atoms with van der Waals surface area (Å²) in [6.07, 6.45) is 2.58. The van der Waals surface area contributed by atoms with Crippen LogP contribution in [-0.2, 0) is 4.79 Å². The van der Waals surface area contributed by atoms with Crippen molar-refractivity contribution in [1.29, 1.82) is 0 Å². The van der Waals surface area contributed by atoms with Crippen LogP contribution in [0.2, 0.25) is 0 Å². The van der Waals surface area contributed by atoms with E-state index in [0.29, 0.717) is 18.3 Å².